The highest BCUT2D eigenvalue weighted by Gasteiger charge is 2.20. The van der Waals surface area contributed by atoms with Gasteiger partial charge in [0, 0.05) is 23.5 Å². The van der Waals surface area contributed by atoms with Crippen molar-refractivity contribution in [3.05, 3.63) is 41.9 Å². The first-order valence-corrected chi connectivity index (χ1v) is 5.72. The first-order chi connectivity index (χ1) is 8.22. The van der Waals surface area contributed by atoms with Gasteiger partial charge in [0.1, 0.15) is 5.82 Å². The van der Waals surface area contributed by atoms with Crippen LogP contribution in [0.3, 0.4) is 0 Å². The van der Waals surface area contributed by atoms with Crippen LogP contribution in [0.2, 0.25) is 0 Å². The number of hydrogen-bond donors (Lipinski definition) is 2. The van der Waals surface area contributed by atoms with Crippen LogP contribution in [-0.2, 0) is 0 Å². The molecule has 1 aromatic rings. The minimum absolute atomic E-state index is 0.0840. The van der Waals surface area contributed by atoms with E-state index in [4.69, 9.17) is 11.5 Å². The molecule has 0 aliphatic heterocycles. The van der Waals surface area contributed by atoms with E-state index in [1.807, 2.05) is 0 Å². The molecule has 4 N–H and O–H groups in total. The Balaban J connectivity index is 2.35. The third kappa shape index (κ3) is 2.53. The van der Waals surface area contributed by atoms with Crippen LogP contribution in [-0.4, -0.2) is 11.8 Å². The molecular weight excluding hydrogens is 217 g/mol. The molecule has 1 aliphatic carbocycles. The van der Waals surface area contributed by atoms with Crippen LogP contribution in [0.4, 0.5) is 10.1 Å². The zero-order chi connectivity index (χ0) is 12.3. The molecule has 1 aliphatic rings. The minimum Gasteiger partial charge on any atom is -0.404 e. The number of halogens is 1. The fourth-order valence-corrected chi connectivity index (χ4v) is 2.03. The van der Waals surface area contributed by atoms with E-state index in [0.29, 0.717) is 5.69 Å². The van der Waals surface area contributed by atoms with Gasteiger partial charge in [-0.1, -0.05) is 12.1 Å². The van der Waals surface area contributed by atoms with E-state index < -0.39 is 0 Å². The quantitative estimate of drug-likeness (QED) is 0.781. The molecule has 1 unspecified atom stereocenters. The third-order valence-electron chi connectivity index (χ3n) is 2.95. The predicted octanol–water partition coefficient (Wildman–Crippen LogP) is 2.25. The SMILES string of the molecule is NC=C1C(=Nc2ccccc2F)CCCC1N. The van der Waals surface area contributed by atoms with Crippen molar-refractivity contribution in [2.24, 2.45) is 16.5 Å². The standard InChI is InChI=1S/C13H16FN3/c14-10-4-1-2-6-13(10)17-12-7-3-5-11(16)9(12)8-15/h1-2,4,6,8,11H,3,5,7,15-16H2. The highest BCUT2D eigenvalue weighted by molar-refractivity contribution is 6.03. The summed E-state index contributed by atoms with van der Waals surface area (Å²) in [6.45, 7) is 0. The molecular formula is C13H16FN3. The van der Waals surface area contributed by atoms with Crippen LogP contribution in [0.15, 0.2) is 41.0 Å². The van der Waals surface area contributed by atoms with Crippen molar-refractivity contribution in [1.29, 1.82) is 0 Å². The first-order valence-electron chi connectivity index (χ1n) is 5.72. The Labute approximate surface area is 100 Å². The summed E-state index contributed by atoms with van der Waals surface area (Å²) in [4.78, 5) is 4.33. The van der Waals surface area contributed by atoms with Crippen LogP contribution >= 0.6 is 0 Å². The van der Waals surface area contributed by atoms with Crippen molar-refractivity contribution in [1.82, 2.24) is 0 Å². The van der Waals surface area contributed by atoms with Gasteiger partial charge in [0.15, 0.2) is 0 Å². The monoisotopic (exact) mass is 233 g/mol. The van der Waals surface area contributed by atoms with Crippen LogP contribution in [0, 0.1) is 5.82 Å². The van der Waals surface area contributed by atoms with Crippen molar-refractivity contribution in [3.63, 3.8) is 0 Å². The van der Waals surface area contributed by atoms with Gasteiger partial charge in [-0.25, -0.2) is 9.38 Å². The summed E-state index contributed by atoms with van der Waals surface area (Å²) in [5.41, 5.74) is 13.5. The molecule has 0 amide bonds. The second-order valence-electron chi connectivity index (χ2n) is 4.13. The molecule has 90 valence electrons. The molecule has 4 heteroatoms. The summed E-state index contributed by atoms with van der Waals surface area (Å²) in [6, 6.07) is 6.37. The van der Waals surface area contributed by atoms with Crippen molar-refractivity contribution in [2.45, 2.75) is 25.3 Å². The van der Waals surface area contributed by atoms with E-state index in [-0.39, 0.29) is 11.9 Å². The maximum atomic E-state index is 13.5. The summed E-state index contributed by atoms with van der Waals surface area (Å²) in [5, 5.41) is 0. The van der Waals surface area contributed by atoms with Gasteiger partial charge in [-0.05, 0) is 31.4 Å². The summed E-state index contributed by atoms with van der Waals surface area (Å²) in [5.74, 6) is -0.324. The molecule has 0 radical (unpaired) electrons. The van der Waals surface area contributed by atoms with E-state index in [1.54, 1.807) is 18.2 Å². The van der Waals surface area contributed by atoms with E-state index in [0.717, 1.165) is 30.5 Å². The molecule has 1 atom stereocenters. The lowest BCUT2D eigenvalue weighted by atomic mass is 9.89. The van der Waals surface area contributed by atoms with Gasteiger partial charge in [-0.15, -0.1) is 0 Å². The van der Waals surface area contributed by atoms with Gasteiger partial charge in [0.2, 0.25) is 0 Å². The maximum Gasteiger partial charge on any atom is 0.148 e. The van der Waals surface area contributed by atoms with Crippen molar-refractivity contribution in [2.75, 3.05) is 0 Å². The number of aliphatic imine (C=N–C) groups is 1. The average Bonchev–Trinajstić information content (AvgIpc) is 2.32. The molecule has 17 heavy (non-hydrogen) atoms. The Morgan fingerprint density at radius 3 is 2.82 bits per heavy atom. The van der Waals surface area contributed by atoms with Crippen LogP contribution in [0.1, 0.15) is 19.3 Å². The van der Waals surface area contributed by atoms with Gasteiger partial charge in [0.25, 0.3) is 0 Å². The van der Waals surface area contributed by atoms with Gasteiger partial charge < -0.3 is 11.5 Å². The smallest absolute Gasteiger partial charge is 0.148 e. The number of nitrogens with zero attached hydrogens (tertiary/aromatic N) is 1. The van der Waals surface area contributed by atoms with Crippen molar-refractivity contribution >= 4 is 11.4 Å². The van der Waals surface area contributed by atoms with Gasteiger partial charge in [0.05, 0.1) is 5.69 Å². The third-order valence-corrected chi connectivity index (χ3v) is 2.95. The van der Waals surface area contributed by atoms with E-state index >= 15 is 0 Å². The van der Waals surface area contributed by atoms with Gasteiger partial charge in [-0.3, -0.25) is 0 Å². The molecule has 0 aromatic heterocycles. The Hall–Kier alpha value is -1.68. The molecule has 3 nitrogen and oxygen atoms in total. The molecule has 0 heterocycles. The summed E-state index contributed by atoms with van der Waals surface area (Å²) in [6.07, 6.45) is 4.15. The fraction of sp³-hybridized carbons (Fsp3) is 0.308. The van der Waals surface area contributed by atoms with Gasteiger partial charge in [-0.2, -0.15) is 0 Å². The molecule has 1 fully saturated rings. The Kier molecular flexibility index (Phi) is 3.54. The molecule has 1 aromatic carbocycles. The lowest BCUT2D eigenvalue weighted by Crippen LogP contribution is -2.32. The average molecular weight is 233 g/mol. The molecule has 0 saturated heterocycles. The number of para-hydroxylation sites is 1. The molecule has 0 bridgehead atoms. The van der Waals surface area contributed by atoms with Crippen molar-refractivity contribution < 1.29 is 4.39 Å². The Bertz CT molecular complexity index is 465. The highest BCUT2D eigenvalue weighted by atomic mass is 19.1. The molecule has 0 spiro atoms. The number of nitrogens with two attached hydrogens (primary N) is 2. The minimum atomic E-state index is -0.324. The summed E-state index contributed by atoms with van der Waals surface area (Å²) in [7, 11) is 0. The van der Waals surface area contributed by atoms with Crippen LogP contribution in [0.25, 0.3) is 0 Å². The van der Waals surface area contributed by atoms with Gasteiger partial charge >= 0.3 is 0 Å². The predicted molar refractivity (Wildman–Crippen MR) is 67.6 cm³/mol. The zero-order valence-electron chi connectivity index (χ0n) is 9.57. The van der Waals surface area contributed by atoms with Crippen molar-refractivity contribution in [3.8, 4) is 0 Å². The zero-order valence-corrected chi connectivity index (χ0v) is 9.57. The van der Waals surface area contributed by atoms with Crippen LogP contribution in [0.5, 0.6) is 0 Å². The molecule has 1 saturated carbocycles. The number of benzene rings is 1. The maximum absolute atomic E-state index is 13.5. The number of hydrogen-bond acceptors (Lipinski definition) is 3. The normalized spacial score (nSPS) is 25.4. The number of rotatable bonds is 1. The lowest BCUT2D eigenvalue weighted by Gasteiger charge is -2.23. The Morgan fingerprint density at radius 1 is 1.35 bits per heavy atom. The van der Waals surface area contributed by atoms with E-state index in [2.05, 4.69) is 4.99 Å². The summed E-state index contributed by atoms with van der Waals surface area (Å²) >= 11 is 0. The Morgan fingerprint density at radius 2 is 2.12 bits per heavy atom. The summed E-state index contributed by atoms with van der Waals surface area (Å²) < 4.78 is 13.5. The fourth-order valence-electron chi connectivity index (χ4n) is 2.03. The second-order valence-corrected chi connectivity index (χ2v) is 4.13. The largest absolute Gasteiger partial charge is 0.404 e. The second kappa shape index (κ2) is 5.10. The van der Waals surface area contributed by atoms with Crippen LogP contribution < -0.4 is 11.5 Å². The highest BCUT2D eigenvalue weighted by Crippen LogP contribution is 2.24. The van der Waals surface area contributed by atoms with E-state index in [1.165, 1.54) is 12.3 Å². The lowest BCUT2D eigenvalue weighted by molar-refractivity contribution is 0.626. The molecule has 2 rings (SSSR count). The first kappa shape index (κ1) is 11.8. The topological polar surface area (TPSA) is 64.4 Å². The van der Waals surface area contributed by atoms with E-state index in [9.17, 15) is 4.39 Å².